The van der Waals surface area contributed by atoms with Gasteiger partial charge in [0.1, 0.15) is 0 Å². The van der Waals surface area contributed by atoms with Crippen molar-refractivity contribution < 1.29 is 22.4 Å². The van der Waals surface area contributed by atoms with Crippen LogP contribution in [0.2, 0.25) is 0 Å². The van der Waals surface area contributed by atoms with E-state index in [-0.39, 0.29) is 6.61 Å². The SMILES string of the molecule is CCCCOc1c(C(F)(F)F)c(=O)on1C(C)C. The molecule has 0 saturated carbocycles. The Bertz CT molecular complexity index is 445. The number of nitrogens with zero attached hydrogens (tertiary/aromatic N) is 1. The summed E-state index contributed by atoms with van der Waals surface area (Å²) in [6, 6.07) is -0.426. The van der Waals surface area contributed by atoms with Gasteiger partial charge in [0, 0.05) is 0 Å². The van der Waals surface area contributed by atoms with Crippen LogP contribution in [-0.4, -0.2) is 11.3 Å². The van der Waals surface area contributed by atoms with Crippen LogP contribution in [0.15, 0.2) is 9.32 Å². The summed E-state index contributed by atoms with van der Waals surface area (Å²) in [5, 5.41) is 0. The third-order valence-corrected chi connectivity index (χ3v) is 2.29. The molecule has 104 valence electrons. The van der Waals surface area contributed by atoms with E-state index in [4.69, 9.17) is 4.74 Å². The Morgan fingerprint density at radius 1 is 1.39 bits per heavy atom. The summed E-state index contributed by atoms with van der Waals surface area (Å²) in [6.07, 6.45) is -3.39. The average molecular weight is 267 g/mol. The minimum atomic E-state index is -4.78. The summed E-state index contributed by atoms with van der Waals surface area (Å²) in [7, 11) is 0. The van der Waals surface area contributed by atoms with Crippen LogP contribution in [0, 0.1) is 0 Å². The highest BCUT2D eigenvalue weighted by Crippen LogP contribution is 2.35. The van der Waals surface area contributed by atoms with Crippen LogP contribution in [-0.2, 0) is 6.18 Å². The second-order valence-electron chi connectivity index (χ2n) is 4.18. The molecule has 0 aromatic carbocycles. The lowest BCUT2D eigenvalue weighted by Crippen LogP contribution is -2.16. The second-order valence-corrected chi connectivity index (χ2v) is 4.18. The normalized spacial score (nSPS) is 12.2. The highest BCUT2D eigenvalue weighted by atomic mass is 19.4. The van der Waals surface area contributed by atoms with E-state index in [0.717, 1.165) is 11.2 Å². The summed E-state index contributed by atoms with van der Waals surface area (Å²) in [5.41, 5.74) is -2.78. The molecule has 0 aliphatic rings. The second kappa shape index (κ2) is 5.49. The minimum Gasteiger partial charge on any atom is -0.476 e. The van der Waals surface area contributed by atoms with Gasteiger partial charge in [0.25, 0.3) is 0 Å². The molecule has 0 spiro atoms. The van der Waals surface area contributed by atoms with Crippen molar-refractivity contribution in [1.82, 2.24) is 4.74 Å². The van der Waals surface area contributed by atoms with Gasteiger partial charge in [-0.1, -0.05) is 13.3 Å². The molecule has 1 aromatic rings. The molecule has 0 fully saturated rings. The summed E-state index contributed by atoms with van der Waals surface area (Å²) in [5.74, 6) is -0.532. The van der Waals surface area contributed by atoms with Crippen LogP contribution in [0.4, 0.5) is 13.2 Å². The lowest BCUT2D eigenvalue weighted by molar-refractivity contribution is -0.140. The Balaban J connectivity index is 3.19. The van der Waals surface area contributed by atoms with Gasteiger partial charge < -0.3 is 9.26 Å². The Labute approximate surface area is 102 Å². The third-order valence-electron chi connectivity index (χ3n) is 2.29. The zero-order chi connectivity index (χ0) is 13.9. The summed E-state index contributed by atoms with van der Waals surface area (Å²) < 4.78 is 48.7. The van der Waals surface area contributed by atoms with Gasteiger partial charge >= 0.3 is 11.8 Å². The third kappa shape index (κ3) is 3.08. The average Bonchev–Trinajstić information content (AvgIpc) is 2.55. The van der Waals surface area contributed by atoms with Gasteiger partial charge in [0.15, 0.2) is 0 Å². The van der Waals surface area contributed by atoms with Crippen molar-refractivity contribution in [1.29, 1.82) is 0 Å². The van der Waals surface area contributed by atoms with Gasteiger partial charge in [-0.15, -0.1) is 0 Å². The fourth-order valence-electron chi connectivity index (χ4n) is 1.40. The molecule has 4 nitrogen and oxygen atoms in total. The largest absolute Gasteiger partial charge is 0.476 e. The zero-order valence-corrected chi connectivity index (χ0v) is 10.5. The van der Waals surface area contributed by atoms with Crippen LogP contribution >= 0.6 is 0 Å². The molecule has 18 heavy (non-hydrogen) atoms. The standard InChI is InChI=1S/C11H16F3NO3/c1-4-5-6-17-9-8(11(12,13)14)10(16)18-15(9)7(2)3/h7H,4-6H2,1-3H3. The monoisotopic (exact) mass is 267 g/mol. The van der Waals surface area contributed by atoms with E-state index in [0.29, 0.717) is 6.42 Å². The Kier molecular flexibility index (Phi) is 4.48. The molecule has 0 unspecified atom stereocenters. The Morgan fingerprint density at radius 3 is 2.44 bits per heavy atom. The molecule has 0 amide bonds. The number of aromatic nitrogens is 1. The topological polar surface area (TPSA) is 44.4 Å². The molecule has 7 heteroatoms. The van der Waals surface area contributed by atoms with Crippen molar-refractivity contribution in [3.8, 4) is 5.88 Å². The van der Waals surface area contributed by atoms with Crippen LogP contribution in [0.5, 0.6) is 5.88 Å². The van der Waals surface area contributed by atoms with E-state index in [9.17, 15) is 18.0 Å². The number of ether oxygens (including phenoxy) is 1. The fourth-order valence-corrected chi connectivity index (χ4v) is 1.40. The van der Waals surface area contributed by atoms with Gasteiger partial charge in [-0.3, -0.25) is 0 Å². The van der Waals surface area contributed by atoms with Crippen molar-refractivity contribution in [2.24, 2.45) is 0 Å². The lowest BCUT2D eigenvalue weighted by Gasteiger charge is -2.12. The van der Waals surface area contributed by atoms with E-state index in [1.807, 2.05) is 6.92 Å². The van der Waals surface area contributed by atoms with Crippen molar-refractivity contribution in [3.63, 3.8) is 0 Å². The summed E-state index contributed by atoms with van der Waals surface area (Å²) >= 11 is 0. The number of halogens is 3. The highest BCUT2D eigenvalue weighted by molar-refractivity contribution is 5.26. The zero-order valence-electron chi connectivity index (χ0n) is 10.5. The number of unbranched alkanes of at least 4 members (excludes halogenated alkanes) is 1. The van der Waals surface area contributed by atoms with Gasteiger partial charge in [0.2, 0.25) is 11.4 Å². The maximum atomic E-state index is 12.7. The Hall–Kier alpha value is -1.40. The fraction of sp³-hybridized carbons (Fsp3) is 0.727. The lowest BCUT2D eigenvalue weighted by atomic mass is 10.3. The minimum absolute atomic E-state index is 0.116. The molecule has 1 rings (SSSR count). The first-order valence-electron chi connectivity index (χ1n) is 5.74. The first-order valence-corrected chi connectivity index (χ1v) is 5.74. The highest BCUT2D eigenvalue weighted by Gasteiger charge is 2.42. The predicted molar refractivity (Wildman–Crippen MR) is 58.8 cm³/mol. The summed E-state index contributed by atoms with van der Waals surface area (Å²) in [4.78, 5) is 11.3. The van der Waals surface area contributed by atoms with Crippen LogP contribution in [0.25, 0.3) is 0 Å². The number of hydrogen-bond donors (Lipinski definition) is 0. The molecule has 0 atom stereocenters. The van der Waals surface area contributed by atoms with Gasteiger partial charge in [0.05, 0.1) is 12.6 Å². The van der Waals surface area contributed by atoms with Crippen molar-refractivity contribution in [2.75, 3.05) is 6.61 Å². The van der Waals surface area contributed by atoms with E-state index in [1.54, 1.807) is 13.8 Å². The first kappa shape index (κ1) is 14.7. The molecular weight excluding hydrogens is 251 g/mol. The molecule has 0 N–H and O–H groups in total. The predicted octanol–water partition coefficient (Wildman–Crippen LogP) is 3.22. The Morgan fingerprint density at radius 2 is 2.00 bits per heavy atom. The van der Waals surface area contributed by atoms with E-state index in [1.165, 1.54) is 0 Å². The number of rotatable bonds is 5. The molecular formula is C11H16F3NO3. The smallest absolute Gasteiger partial charge is 0.428 e. The van der Waals surface area contributed by atoms with Gasteiger partial charge in [-0.05, 0) is 20.3 Å². The molecule has 0 radical (unpaired) electrons. The van der Waals surface area contributed by atoms with Crippen LogP contribution in [0.3, 0.4) is 0 Å². The quantitative estimate of drug-likeness (QED) is 0.769. The van der Waals surface area contributed by atoms with Gasteiger partial charge in [-0.2, -0.15) is 17.9 Å². The number of hydrogen-bond acceptors (Lipinski definition) is 3. The first-order chi connectivity index (χ1) is 8.29. The molecule has 1 aromatic heterocycles. The maximum Gasteiger partial charge on any atom is 0.428 e. The van der Waals surface area contributed by atoms with Crippen molar-refractivity contribution >= 4 is 0 Å². The van der Waals surface area contributed by atoms with Crippen LogP contribution < -0.4 is 10.4 Å². The molecule has 1 heterocycles. The molecule has 0 aliphatic carbocycles. The molecule has 0 saturated heterocycles. The van der Waals surface area contributed by atoms with E-state index in [2.05, 4.69) is 4.52 Å². The summed E-state index contributed by atoms with van der Waals surface area (Å²) in [6.45, 7) is 5.22. The van der Waals surface area contributed by atoms with Crippen molar-refractivity contribution in [3.05, 3.63) is 16.0 Å². The molecule has 0 aliphatic heterocycles. The van der Waals surface area contributed by atoms with E-state index < -0.39 is 29.3 Å². The maximum absolute atomic E-state index is 12.7. The van der Waals surface area contributed by atoms with Gasteiger partial charge in [-0.25, -0.2) is 4.79 Å². The van der Waals surface area contributed by atoms with Crippen molar-refractivity contribution in [2.45, 2.75) is 45.8 Å². The molecule has 0 bridgehead atoms. The number of alkyl halides is 3. The van der Waals surface area contributed by atoms with E-state index >= 15 is 0 Å². The van der Waals surface area contributed by atoms with Crippen LogP contribution in [0.1, 0.15) is 45.2 Å².